The van der Waals surface area contributed by atoms with Gasteiger partial charge in [0.2, 0.25) is 5.82 Å². The lowest BCUT2D eigenvalue weighted by Crippen LogP contribution is -2.05. The minimum atomic E-state index is -0.134. The Morgan fingerprint density at radius 1 is 1.50 bits per heavy atom. The van der Waals surface area contributed by atoms with Crippen molar-refractivity contribution in [3.05, 3.63) is 12.0 Å². The molecule has 2 aromatic rings. The average Bonchev–Trinajstić information content (AvgIpc) is 2.97. The van der Waals surface area contributed by atoms with E-state index in [0.29, 0.717) is 29.7 Å². The van der Waals surface area contributed by atoms with Gasteiger partial charge in [0.05, 0.1) is 6.20 Å². The lowest BCUT2D eigenvalue weighted by Gasteiger charge is -2.10. The largest absolute Gasteiger partial charge is 0.383 e. The van der Waals surface area contributed by atoms with Crippen LogP contribution in [0.2, 0.25) is 0 Å². The summed E-state index contributed by atoms with van der Waals surface area (Å²) in [6.45, 7) is 4.64. The number of H-pyrrole nitrogens is 1. The summed E-state index contributed by atoms with van der Waals surface area (Å²) >= 11 is 0. The molecule has 18 heavy (non-hydrogen) atoms. The summed E-state index contributed by atoms with van der Waals surface area (Å²) in [5, 5.41) is 10.4. The van der Waals surface area contributed by atoms with Gasteiger partial charge < -0.3 is 15.0 Å². The second kappa shape index (κ2) is 5.63. The van der Waals surface area contributed by atoms with Gasteiger partial charge in [-0.3, -0.25) is 5.10 Å². The van der Waals surface area contributed by atoms with E-state index in [0.717, 1.165) is 12.8 Å². The molecule has 7 nitrogen and oxygen atoms in total. The van der Waals surface area contributed by atoms with E-state index in [9.17, 15) is 0 Å². The van der Waals surface area contributed by atoms with E-state index in [4.69, 9.17) is 15.0 Å². The summed E-state index contributed by atoms with van der Waals surface area (Å²) in [7, 11) is 0. The van der Waals surface area contributed by atoms with Crippen molar-refractivity contribution in [3.63, 3.8) is 0 Å². The fourth-order valence-corrected chi connectivity index (χ4v) is 1.69. The first kappa shape index (κ1) is 12.6. The second-order valence-electron chi connectivity index (χ2n) is 3.89. The van der Waals surface area contributed by atoms with Crippen LogP contribution in [0.3, 0.4) is 0 Å². The Morgan fingerprint density at radius 3 is 2.94 bits per heavy atom. The first-order valence-electron chi connectivity index (χ1n) is 6.00. The van der Waals surface area contributed by atoms with E-state index in [1.165, 1.54) is 0 Å². The molecule has 2 aromatic heterocycles. The van der Waals surface area contributed by atoms with Crippen molar-refractivity contribution in [1.82, 2.24) is 20.3 Å². The molecule has 0 saturated carbocycles. The van der Waals surface area contributed by atoms with E-state index < -0.39 is 0 Å². The molecule has 7 heteroatoms. The van der Waals surface area contributed by atoms with Gasteiger partial charge in [0.1, 0.15) is 17.5 Å². The van der Waals surface area contributed by atoms with Crippen LogP contribution in [0, 0.1) is 0 Å². The number of nitrogens with two attached hydrogens (primary N) is 1. The minimum Gasteiger partial charge on any atom is -0.383 e. The molecule has 0 spiro atoms. The van der Waals surface area contributed by atoms with Crippen molar-refractivity contribution in [2.45, 2.75) is 32.8 Å². The van der Waals surface area contributed by atoms with Crippen LogP contribution in [-0.2, 0) is 4.74 Å². The summed E-state index contributed by atoms with van der Waals surface area (Å²) in [5.74, 6) is 1.32. The van der Waals surface area contributed by atoms with Crippen LogP contribution >= 0.6 is 0 Å². The monoisotopic (exact) mass is 251 g/mol. The number of hydrogen-bond donors (Lipinski definition) is 2. The third-order valence-corrected chi connectivity index (χ3v) is 2.55. The van der Waals surface area contributed by atoms with Gasteiger partial charge >= 0.3 is 0 Å². The van der Waals surface area contributed by atoms with Crippen molar-refractivity contribution in [2.75, 3.05) is 12.3 Å². The van der Waals surface area contributed by atoms with Gasteiger partial charge in [-0.2, -0.15) is 10.1 Å². The van der Waals surface area contributed by atoms with E-state index in [-0.39, 0.29) is 6.10 Å². The highest BCUT2D eigenvalue weighted by atomic mass is 16.5. The molecule has 0 amide bonds. The molecular formula is C11H17N5O2. The zero-order chi connectivity index (χ0) is 13.0. The van der Waals surface area contributed by atoms with Gasteiger partial charge in [-0.1, -0.05) is 18.5 Å². The zero-order valence-electron chi connectivity index (χ0n) is 10.5. The van der Waals surface area contributed by atoms with Crippen LogP contribution in [0.5, 0.6) is 0 Å². The zero-order valence-corrected chi connectivity index (χ0v) is 10.5. The van der Waals surface area contributed by atoms with Crippen molar-refractivity contribution in [3.8, 4) is 11.5 Å². The summed E-state index contributed by atoms with van der Waals surface area (Å²) in [5.41, 5.74) is 6.31. The Hall–Kier alpha value is -1.89. The molecule has 0 fully saturated rings. The Balaban J connectivity index is 2.21. The summed E-state index contributed by atoms with van der Waals surface area (Å²) < 4.78 is 10.8. The van der Waals surface area contributed by atoms with Crippen molar-refractivity contribution in [2.24, 2.45) is 0 Å². The van der Waals surface area contributed by atoms with Gasteiger partial charge in [-0.05, 0) is 13.3 Å². The quantitative estimate of drug-likeness (QED) is 0.813. The molecule has 0 radical (unpaired) electrons. The Labute approximate surface area is 105 Å². The van der Waals surface area contributed by atoms with Gasteiger partial charge in [-0.25, -0.2) is 0 Å². The maximum atomic E-state index is 5.70. The average molecular weight is 251 g/mol. The molecule has 0 bridgehead atoms. The van der Waals surface area contributed by atoms with Crippen molar-refractivity contribution >= 4 is 5.82 Å². The van der Waals surface area contributed by atoms with Gasteiger partial charge in [0, 0.05) is 6.61 Å². The predicted molar refractivity (Wildman–Crippen MR) is 65.6 cm³/mol. The molecule has 0 aliphatic carbocycles. The van der Waals surface area contributed by atoms with Crippen LogP contribution in [0.4, 0.5) is 5.82 Å². The number of anilines is 1. The molecule has 0 aliphatic heterocycles. The van der Waals surface area contributed by atoms with Gasteiger partial charge in [0.15, 0.2) is 0 Å². The van der Waals surface area contributed by atoms with Crippen LogP contribution in [0.1, 0.15) is 38.6 Å². The molecule has 98 valence electrons. The number of aromatic amines is 1. The van der Waals surface area contributed by atoms with Crippen LogP contribution < -0.4 is 5.73 Å². The molecule has 1 atom stereocenters. The normalized spacial score (nSPS) is 12.8. The third kappa shape index (κ3) is 2.51. The molecule has 0 saturated heterocycles. The molecule has 0 aliphatic rings. The number of ether oxygens (including phenoxy) is 1. The Kier molecular flexibility index (Phi) is 3.93. The summed E-state index contributed by atoms with van der Waals surface area (Å²) in [4.78, 5) is 4.31. The highest BCUT2D eigenvalue weighted by Crippen LogP contribution is 2.25. The first-order chi connectivity index (χ1) is 8.76. The number of nitrogens with zero attached hydrogens (tertiary/aromatic N) is 3. The van der Waals surface area contributed by atoms with Crippen LogP contribution in [-0.4, -0.2) is 26.9 Å². The molecule has 1 unspecified atom stereocenters. The standard InChI is InChI=1S/C11H17N5O2/c1-3-5-8(17-4-2)10-14-11(18-16-10)7-6-13-15-9(7)12/h6,8H,3-5H2,1-2H3,(H3,12,13,15). The fraction of sp³-hybridized carbons (Fsp3) is 0.545. The van der Waals surface area contributed by atoms with Crippen LogP contribution in [0.25, 0.3) is 11.5 Å². The Morgan fingerprint density at radius 2 is 2.33 bits per heavy atom. The van der Waals surface area contributed by atoms with Gasteiger partial charge in [0.25, 0.3) is 5.89 Å². The smallest absolute Gasteiger partial charge is 0.263 e. The molecule has 2 heterocycles. The maximum Gasteiger partial charge on any atom is 0.263 e. The van der Waals surface area contributed by atoms with E-state index in [2.05, 4.69) is 27.3 Å². The second-order valence-corrected chi connectivity index (χ2v) is 3.89. The molecular weight excluding hydrogens is 234 g/mol. The molecule has 0 aromatic carbocycles. The fourth-order valence-electron chi connectivity index (χ4n) is 1.69. The topological polar surface area (TPSA) is 103 Å². The van der Waals surface area contributed by atoms with E-state index >= 15 is 0 Å². The van der Waals surface area contributed by atoms with Gasteiger partial charge in [-0.15, -0.1) is 0 Å². The van der Waals surface area contributed by atoms with E-state index in [1.807, 2.05) is 6.92 Å². The number of nitrogen functional groups attached to an aromatic ring is 1. The molecule has 3 N–H and O–H groups in total. The highest BCUT2D eigenvalue weighted by molar-refractivity contribution is 5.65. The van der Waals surface area contributed by atoms with Crippen molar-refractivity contribution in [1.29, 1.82) is 0 Å². The van der Waals surface area contributed by atoms with E-state index in [1.54, 1.807) is 6.20 Å². The summed E-state index contributed by atoms with van der Waals surface area (Å²) in [6, 6.07) is 0. The first-order valence-corrected chi connectivity index (χ1v) is 6.00. The number of aromatic nitrogens is 4. The maximum absolute atomic E-state index is 5.70. The van der Waals surface area contributed by atoms with Crippen molar-refractivity contribution < 1.29 is 9.26 Å². The lowest BCUT2D eigenvalue weighted by atomic mass is 10.2. The van der Waals surface area contributed by atoms with Crippen LogP contribution in [0.15, 0.2) is 10.7 Å². The number of rotatable bonds is 6. The minimum absolute atomic E-state index is 0.134. The molecule has 2 rings (SSSR count). The lowest BCUT2D eigenvalue weighted by molar-refractivity contribution is 0.0478. The predicted octanol–water partition coefficient (Wildman–Crippen LogP) is 1.92. The Bertz CT molecular complexity index is 487. The number of hydrogen-bond acceptors (Lipinski definition) is 6. The third-order valence-electron chi connectivity index (χ3n) is 2.55. The number of nitrogens with one attached hydrogen (secondary N) is 1. The SMILES string of the molecule is CCCC(OCC)c1noc(-c2cn[nH]c2N)n1. The summed E-state index contributed by atoms with van der Waals surface area (Å²) in [6.07, 6.45) is 3.27. The highest BCUT2D eigenvalue weighted by Gasteiger charge is 2.20.